The van der Waals surface area contributed by atoms with E-state index in [1.807, 2.05) is 41.3 Å². The lowest BCUT2D eigenvalue weighted by atomic mass is 10.1. The standard InChI is InChI=1S/C19H20N2O3/c1-23-15-6-4-5-13(11-15)19(22)21-12-14-8-9-16(21)18(14)24-17-7-2-3-10-20-17/h2-7,10-11,14,16,18H,8-9,12H2,1H3. The first-order valence-corrected chi connectivity index (χ1v) is 8.29. The summed E-state index contributed by atoms with van der Waals surface area (Å²) in [5.74, 6) is 1.77. The van der Waals surface area contributed by atoms with Gasteiger partial charge in [-0.1, -0.05) is 12.1 Å². The fraction of sp³-hybridized carbons (Fsp3) is 0.368. The molecule has 1 aliphatic heterocycles. The molecule has 0 N–H and O–H groups in total. The Balaban J connectivity index is 1.52. The number of piperidine rings is 1. The van der Waals surface area contributed by atoms with Gasteiger partial charge >= 0.3 is 0 Å². The fourth-order valence-corrected chi connectivity index (χ4v) is 3.83. The SMILES string of the molecule is COc1cccc(C(=O)N2CC3CCC2C3Oc2ccccn2)c1. The highest BCUT2D eigenvalue weighted by Crippen LogP contribution is 2.40. The number of nitrogens with zero attached hydrogens (tertiary/aromatic N) is 2. The van der Waals surface area contributed by atoms with E-state index in [0.717, 1.165) is 19.4 Å². The van der Waals surface area contributed by atoms with Gasteiger partial charge in [-0.05, 0) is 37.1 Å². The Hall–Kier alpha value is -2.56. The third kappa shape index (κ3) is 2.60. The van der Waals surface area contributed by atoms with E-state index in [2.05, 4.69) is 4.98 Å². The minimum Gasteiger partial charge on any atom is -0.497 e. The number of benzene rings is 1. The monoisotopic (exact) mass is 324 g/mol. The number of likely N-dealkylation sites (tertiary alicyclic amines) is 1. The Bertz CT molecular complexity index is 734. The number of hydrogen-bond donors (Lipinski definition) is 0. The van der Waals surface area contributed by atoms with E-state index >= 15 is 0 Å². The molecule has 1 saturated carbocycles. The summed E-state index contributed by atoms with van der Waals surface area (Å²) in [7, 11) is 1.61. The summed E-state index contributed by atoms with van der Waals surface area (Å²) in [5.41, 5.74) is 0.665. The normalized spacial score (nSPS) is 24.9. The number of amides is 1. The molecule has 0 spiro atoms. The summed E-state index contributed by atoms with van der Waals surface area (Å²) >= 11 is 0. The van der Waals surface area contributed by atoms with Gasteiger partial charge in [0.1, 0.15) is 11.9 Å². The molecule has 2 aromatic rings. The first kappa shape index (κ1) is 15.0. The number of carbonyl (C=O) groups excluding carboxylic acids is 1. The van der Waals surface area contributed by atoms with Crippen molar-refractivity contribution in [1.82, 2.24) is 9.88 Å². The minimum absolute atomic E-state index is 0.0365. The maximum absolute atomic E-state index is 12.9. The van der Waals surface area contributed by atoms with Crippen LogP contribution in [-0.4, -0.2) is 41.6 Å². The van der Waals surface area contributed by atoms with Gasteiger partial charge in [-0.2, -0.15) is 0 Å². The Labute approximate surface area is 141 Å². The number of hydrogen-bond acceptors (Lipinski definition) is 4. The molecule has 24 heavy (non-hydrogen) atoms. The van der Waals surface area contributed by atoms with Gasteiger partial charge in [0.2, 0.25) is 5.88 Å². The Morgan fingerprint density at radius 1 is 1.21 bits per heavy atom. The maximum atomic E-state index is 12.9. The van der Waals surface area contributed by atoms with Crippen molar-refractivity contribution in [2.24, 2.45) is 5.92 Å². The zero-order valence-corrected chi connectivity index (χ0v) is 13.6. The molecule has 2 aliphatic rings. The number of aromatic nitrogens is 1. The minimum atomic E-state index is 0.0365. The van der Waals surface area contributed by atoms with Gasteiger partial charge in [-0.25, -0.2) is 4.98 Å². The molecular weight excluding hydrogens is 304 g/mol. The molecule has 4 rings (SSSR count). The third-order valence-electron chi connectivity index (χ3n) is 4.98. The van der Waals surface area contributed by atoms with E-state index in [1.54, 1.807) is 19.4 Å². The number of rotatable bonds is 4. The smallest absolute Gasteiger partial charge is 0.254 e. The van der Waals surface area contributed by atoms with Crippen LogP contribution in [0.2, 0.25) is 0 Å². The molecule has 1 aromatic heterocycles. The molecule has 2 fully saturated rings. The average molecular weight is 324 g/mol. The lowest BCUT2D eigenvalue weighted by Gasteiger charge is -2.27. The van der Waals surface area contributed by atoms with Crippen LogP contribution in [0.4, 0.5) is 0 Å². The number of carbonyl (C=O) groups is 1. The van der Waals surface area contributed by atoms with Crippen molar-refractivity contribution < 1.29 is 14.3 Å². The summed E-state index contributed by atoms with van der Waals surface area (Å²) in [6, 6.07) is 13.1. The summed E-state index contributed by atoms with van der Waals surface area (Å²) in [6.45, 7) is 0.748. The molecule has 3 atom stereocenters. The van der Waals surface area contributed by atoms with E-state index in [1.165, 1.54) is 0 Å². The highest BCUT2D eigenvalue weighted by Gasteiger charge is 2.50. The van der Waals surface area contributed by atoms with Gasteiger partial charge in [0.05, 0.1) is 13.2 Å². The molecule has 1 aromatic carbocycles. The van der Waals surface area contributed by atoms with Crippen molar-refractivity contribution in [2.75, 3.05) is 13.7 Å². The molecule has 2 heterocycles. The lowest BCUT2D eigenvalue weighted by Crippen LogP contribution is -2.40. The summed E-state index contributed by atoms with van der Waals surface area (Å²) in [5, 5.41) is 0. The summed E-state index contributed by atoms with van der Waals surface area (Å²) in [6.07, 6.45) is 3.85. The lowest BCUT2D eigenvalue weighted by molar-refractivity contribution is 0.0664. The maximum Gasteiger partial charge on any atom is 0.254 e. The second kappa shape index (κ2) is 6.15. The number of ether oxygens (including phenoxy) is 2. The van der Waals surface area contributed by atoms with Crippen LogP contribution in [0.3, 0.4) is 0 Å². The molecule has 124 valence electrons. The van der Waals surface area contributed by atoms with Gasteiger partial charge in [-0.15, -0.1) is 0 Å². The zero-order valence-electron chi connectivity index (χ0n) is 13.6. The molecule has 1 saturated heterocycles. The van der Waals surface area contributed by atoms with Gasteiger partial charge in [0.15, 0.2) is 0 Å². The van der Waals surface area contributed by atoms with Crippen molar-refractivity contribution in [3.05, 3.63) is 54.2 Å². The highest BCUT2D eigenvalue weighted by atomic mass is 16.5. The Morgan fingerprint density at radius 2 is 2.12 bits per heavy atom. The predicted molar refractivity (Wildman–Crippen MR) is 89.2 cm³/mol. The van der Waals surface area contributed by atoms with Crippen LogP contribution in [0.15, 0.2) is 48.7 Å². The Kier molecular flexibility index (Phi) is 3.84. The van der Waals surface area contributed by atoms with Crippen LogP contribution >= 0.6 is 0 Å². The van der Waals surface area contributed by atoms with E-state index in [4.69, 9.17) is 9.47 Å². The van der Waals surface area contributed by atoms with Gasteiger partial charge in [0, 0.05) is 30.3 Å². The van der Waals surface area contributed by atoms with Crippen LogP contribution in [0.5, 0.6) is 11.6 Å². The molecule has 5 heteroatoms. The summed E-state index contributed by atoms with van der Waals surface area (Å²) in [4.78, 5) is 19.1. The van der Waals surface area contributed by atoms with Gasteiger partial charge in [-0.3, -0.25) is 4.79 Å². The van der Waals surface area contributed by atoms with E-state index in [9.17, 15) is 4.79 Å². The third-order valence-corrected chi connectivity index (χ3v) is 4.98. The molecular formula is C19H20N2O3. The first-order chi connectivity index (χ1) is 11.8. The Morgan fingerprint density at radius 3 is 2.92 bits per heavy atom. The second-order valence-electron chi connectivity index (χ2n) is 6.34. The largest absolute Gasteiger partial charge is 0.497 e. The highest BCUT2D eigenvalue weighted by molar-refractivity contribution is 5.95. The fourth-order valence-electron chi connectivity index (χ4n) is 3.83. The first-order valence-electron chi connectivity index (χ1n) is 8.29. The van der Waals surface area contributed by atoms with E-state index in [-0.39, 0.29) is 18.1 Å². The molecule has 0 radical (unpaired) electrons. The van der Waals surface area contributed by atoms with E-state index < -0.39 is 0 Å². The van der Waals surface area contributed by atoms with Crippen LogP contribution in [0.25, 0.3) is 0 Å². The quantitative estimate of drug-likeness (QED) is 0.868. The number of pyridine rings is 1. The molecule has 1 aliphatic carbocycles. The second-order valence-corrected chi connectivity index (χ2v) is 6.34. The average Bonchev–Trinajstić information content (AvgIpc) is 3.19. The van der Waals surface area contributed by atoms with Crippen LogP contribution in [0, 0.1) is 5.92 Å². The molecule has 1 amide bonds. The van der Waals surface area contributed by atoms with Gasteiger partial charge in [0.25, 0.3) is 5.91 Å². The van der Waals surface area contributed by atoms with Crippen molar-refractivity contribution in [1.29, 1.82) is 0 Å². The molecule has 3 unspecified atom stereocenters. The van der Waals surface area contributed by atoms with Crippen molar-refractivity contribution in [2.45, 2.75) is 25.0 Å². The van der Waals surface area contributed by atoms with Crippen molar-refractivity contribution >= 4 is 5.91 Å². The van der Waals surface area contributed by atoms with Crippen LogP contribution < -0.4 is 9.47 Å². The van der Waals surface area contributed by atoms with Gasteiger partial charge < -0.3 is 14.4 Å². The zero-order chi connectivity index (χ0) is 16.5. The number of methoxy groups -OCH3 is 1. The van der Waals surface area contributed by atoms with Crippen LogP contribution in [-0.2, 0) is 0 Å². The predicted octanol–water partition coefficient (Wildman–Crippen LogP) is 2.77. The molecule has 5 nitrogen and oxygen atoms in total. The van der Waals surface area contributed by atoms with Crippen LogP contribution in [0.1, 0.15) is 23.2 Å². The molecule has 2 bridgehead atoms. The topological polar surface area (TPSA) is 51.7 Å². The summed E-state index contributed by atoms with van der Waals surface area (Å²) < 4.78 is 11.3. The van der Waals surface area contributed by atoms with E-state index in [0.29, 0.717) is 23.1 Å². The van der Waals surface area contributed by atoms with Crippen molar-refractivity contribution in [3.8, 4) is 11.6 Å². The van der Waals surface area contributed by atoms with Crippen molar-refractivity contribution in [3.63, 3.8) is 0 Å². The number of fused-ring (bicyclic) bond motifs is 2.